The Bertz CT molecular complexity index is 1070. The number of amides is 2. The van der Waals surface area contributed by atoms with Crippen LogP contribution in [0.1, 0.15) is 22.6 Å². The van der Waals surface area contributed by atoms with Gasteiger partial charge in [0.1, 0.15) is 10.9 Å². The van der Waals surface area contributed by atoms with Crippen molar-refractivity contribution in [2.24, 2.45) is 0 Å². The number of carbonyl (C=O) groups excluding carboxylic acids is 2. The number of hydrogen-bond donors (Lipinski definition) is 1. The number of anilines is 1. The van der Waals surface area contributed by atoms with Crippen molar-refractivity contribution in [1.29, 1.82) is 0 Å². The van der Waals surface area contributed by atoms with Crippen molar-refractivity contribution in [3.8, 4) is 0 Å². The second-order valence-electron chi connectivity index (χ2n) is 6.83. The summed E-state index contributed by atoms with van der Waals surface area (Å²) in [5.74, 6) is 0.171. The molecule has 9 heteroatoms. The number of aromatic nitrogens is 3. The van der Waals surface area contributed by atoms with E-state index in [1.807, 2.05) is 37.3 Å². The number of carbonyl (C=O) groups is 2. The maximum absolute atomic E-state index is 12.4. The fraction of sp³-hybridized carbons (Fsp3) is 0.238. The third-order valence-electron chi connectivity index (χ3n) is 4.33. The van der Waals surface area contributed by atoms with E-state index in [1.165, 1.54) is 18.0 Å². The Labute approximate surface area is 179 Å². The van der Waals surface area contributed by atoms with Crippen LogP contribution < -0.4 is 5.32 Å². The Balaban J connectivity index is 1.61. The lowest BCUT2D eigenvalue weighted by Crippen LogP contribution is -2.33. The molecule has 3 rings (SSSR count). The lowest BCUT2D eigenvalue weighted by Gasteiger charge is -2.13. The maximum Gasteiger partial charge on any atom is 0.246 e. The largest absolute Gasteiger partial charge is 0.360 e. The maximum atomic E-state index is 12.4. The van der Waals surface area contributed by atoms with Gasteiger partial charge in [-0.15, -0.1) is 0 Å². The molecule has 0 bridgehead atoms. The minimum Gasteiger partial charge on any atom is -0.360 e. The van der Waals surface area contributed by atoms with Crippen molar-refractivity contribution in [2.45, 2.75) is 20.4 Å². The molecule has 156 valence electrons. The van der Waals surface area contributed by atoms with Gasteiger partial charge in [-0.05, 0) is 25.5 Å². The summed E-state index contributed by atoms with van der Waals surface area (Å²) in [7, 11) is 1.54. The van der Waals surface area contributed by atoms with E-state index in [9.17, 15) is 9.59 Å². The standard InChI is InChI=1S/C21H22ClN5O3/c1-14-11-18(25-30-14)23-19(28)13-26(3)20(29)10-9-17-15(2)24-27(21(17)22)12-16-7-5-4-6-8-16/h4-11H,12-13H2,1-3H3,(H,23,25,28)/b10-9+. The Kier molecular flexibility index (Phi) is 6.68. The van der Waals surface area contributed by atoms with Gasteiger partial charge in [-0.1, -0.05) is 47.1 Å². The minimum absolute atomic E-state index is 0.130. The van der Waals surface area contributed by atoms with E-state index in [2.05, 4.69) is 15.6 Å². The second kappa shape index (κ2) is 9.41. The highest BCUT2D eigenvalue weighted by molar-refractivity contribution is 6.31. The van der Waals surface area contributed by atoms with Gasteiger partial charge in [-0.25, -0.2) is 4.68 Å². The number of nitrogens with zero attached hydrogens (tertiary/aromatic N) is 4. The molecule has 8 nitrogen and oxygen atoms in total. The molecule has 0 fully saturated rings. The van der Waals surface area contributed by atoms with Crippen LogP contribution in [0.5, 0.6) is 0 Å². The first kappa shape index (κ1) is 21.3. The fourth-order valence-electron chi connectivity index (χ4n) is 2.80. The molecule has 1 N–H and O–H groups in total. The van der Waals surface area contributed by atoms with E-state index in [4.69, 9.17) is 16.1 Å². The second-order valence-corrected chi connectivity index (χ2v) is 7.19. The molecular weight excluding hydrogens is 406 g/mol. The lowest BCUT2D eigenvalue weighted by atomic mass is 10.2. The normalized spacial score (nSPS) is 11.1. The molecular formula is C21H22ClN5O3. The summed E-state index contributed by atoms with van der Waals surface area (Å²) in [4.78, 5) is 25.7. The third-order valence-corrected chi connectivity index (χ3v) is 4.73. The highest BCUT2D eigenvalue weighted by Gasteiger charge is 2.15. The van der Waals surface area contributed by atoms with Crippen LogP contribution in [0.2, 0.25) is 5.15 Å². The topological polar surface area (TPSA) is 93.3 Å². The van der Waals surface area contributed by atoms with Gasteiger partial charge in [0.15, 0.2) is 5.82 Å². The molecule has 0 saturated carbocycles. The van der Waals surface area contributed by atoms with E-state index >= 15 is 0 Å². The first-order valence-electron chi connectivity index (χ1n) is 9.26. The molecule has 3 aromatic rings. The molecule has 2 aromatic heterocycles. The summed E-state index contributed by atoms with van der Waals surface area (Å²) in [6.07, 6.45) is 2.99. The van der Waals surface area contributed by atoms with Gasteiger partial charge in [-0.2, -0.15) is 5.10 Å². The quantitative estimate of drug-likeness (QED) is 0.584. The number of likely N-dealkylation sites (N-methyl/N-ethyl adjacent to an activating group) is 1. The van der Waals surface area contributed by atoms with Crippen LogP contribution >= 0.6 is 11.6 Å². The SMILES string of the molecule is Cc1cc(NC(=O)CN(C)C(=O)/C=C/c2c(C)nn(Cc3ccccc3)c2Cl)no1. The van der Waals surface area contributed by atoms with Crippen LogP contribution in [0.25, 0.3) is 6.08 Å². The summed E-state index contributed by atoms with van der Waals surface area (Å²) in [6, 6.07) is 11.4. The molecule has 0 aliphatic carbocycles. The Morgan fingerprint density at radius 3 is 2.67 bits per heavy atom. The first-order valence-corrected chi connectivity index (χ1v) is 9.64. The van der Waals surface area contributed by atoms with Crippen molar-refractivity contribution in [1.82, 2.24) is 19.8 Å². The summed E-state index contributed by atoms with van der Waals surface area (Å²) >= 11 is 6.46. The minimum atomic E-state index is -0.377. The smallest absolute Gasteiger partial charge is 0.246 e. The molecule has 2 heterocycles. The van der Waals surface area contributed by atoms with Gasteiger partial charge in [-0.3, -0.25) is 9.59 Å². The summed E-state index contributed by atoms with van der Waals surface area (Å²) in [5.41, 5.74) is 2.44. The van der Waals surface area contributed by atoms with E-state index in [0.29, 0.717) is 34.5 Å². The van der Waals surface area contributed by atoms with Crippen molar-refractivity contribution in [2.75, 3.05) is 18.9 Å². The van der Waals surface area contributed by atoms with Gasteiger partial charge in [0.25, 0.3) is 0 Å². The molecule has 0 saturated heterocycles. The van der Waals surface area contributed by atoms with Gasteiger partial charge < -0.3 is 14.7 Å². The van der Waals surface area contributed by atoms with E-state index in [-0.39, 0.29) is 18.4 Å². The van der Waals surface area contributed by atoms with Crippen LogP contribution in [0.3, 0.4) is 0 Å². The summed E-state index contributed by atoms with van der Waals surface area (Å²) in [5, 5.41) is 11.2. The van der Waals surface area contributed by atoms with Crippen molar-refractivity contribution in [3.63, 3.8) is 0 Å². The molecule has 0 unspecified atom stereocenters. The van der Waals surface area contributed by atoms with Gasteiger partial charge >= 0.3 is 0 Å². The monoisotopic (exact) mass is 427 g/mol. The van der Waals surface area contributed by atoms with Crippen LogP contribution in [0.15, 0.2) is 47.0 Å². The van der Waals surface area contributed by atoms with Crippen LogP contribution in [-0.2, 0) is 16.1 Å². The highest BCUT2D eigenvalue weighted by atomic mass is 35.5. The van der Waals surface area contributed by atoms with Gasteiger partial charge in [0.05, 0.1) is 18.8 Å². The lowest BCUT2D eigenvalue weighted by molar-refractivity contribution is -0.129. The van der Waals surface area contributed by atoms with Crippen molar-refractivity contribution >= 4 is 35.3 Å². The Morgan fingerprint density at radius 2 is 2.00 bits per heavy atom. The number of rotatable bonds is 7. The number of aryl methyl sites for hydroxylation is 2. The number of benzene rings is 1. The molecule has 0 radical (unpaired) electrons. The third kappa shape index (κ3) is 5.36. The molecule has 30 heavy (non-hydrogen) atoms. The molecule has 0 atom stereocenters. The zero-order chi connectivity index (χ0) is 21.7. The number of halogens is 1. The van der Waals surface area contributed by atoms with E-state index < -0.39 is 0 Å². The molecule has 0 aliphatic rings. The highest BCUT2D eigenvalue weighted by Crippen LogP contribution is 2.22. The van der Waals surface area contributed by atoms with Crippen LogP contribution in [0, 0.1) is 13.8 Å². The molecule has 2 amide bonds. The number of nitrogens with one attached hydrogen (secondary N) is 1. The zero-order valence-electron chi connectivity index (χ0n) is 16.9. The Hall–Kier alpha value is -3.39. The number of hydrogen-bond acceptors (Lipinski definition) is 5. The molecule has 0 spiro atoms. The van der Waals surface area contributed by atoms with Crippen LogP contribution in [-0.4, -0.2) is 45.2 Å². The van der Waals surface area contributed by atoms with E-state index in [0.717, 1.165) is 5.56 Å². The molecule has 0 aliphatic heterocycles. The Morgan fingerprint density at radius 1 is 1.27 bits per heavy atom. The zero-order valence-corrected chi connectivity index (χ0v) is 17.7. The fourth-order valence-corrected chi connectivity index (χ4v) is 3.10. The predicted molar refractivity (Wildman–Crippen MR) is 114 cm³/mol. The average molecular weight is 428 g/mol. The van der Waals surface area contributed by atoms with Crippen molar-refractivity contribution in [3.05, 3.63) is 70.2 Å². The van der Waals surface area contributed by atoms with Crippen LogP contribution in [0.4, 0.5) is 5.82 Å². The summed E-state index contributed by atoms with van der Waals surface area (Å²) in [6.45, 7) is 3.95. The van der Waals surface area contributed by atoms with Crippen molar-refractivity contribution < 1.29 is 14.1 Å². The first-order chi connectivity index (χ1) is 14.3. The predicted octanol–water partition coefficient (Wildman–Crippen LogP) is 3.30. The summed E-state index contributed by atoms with van der Waals surface area (Å²) < 4.78 is 6.58. The van der Waals surface area contributed by atoms with E-state index in [1.54, 1.807) is 23.7 Å². The average Bonchev–Trinajstić information content (AvgIpc) is 3.23. The van der Waals surface area contributed by atoms with Gasteiger partial charge in [0.2, 0.25) is 11.8 Å². The molecule has 1 aromatic carbocycles. The van der Waals surface area contributed by atoms with Gasteiger partial charge in [0, 0.05) is 24.8 Å².